The van der Waals surface area contributed by atoms with Crippen molar-refractivity contribution in [2.45, 2.75) is 26.2 Å². The van der Waals surface area contributed by atoms with E-state index in [1.807, 2.05) is 13.8 Å². The summed E-state index contributed by atoms with van der Waals surface area (Å²) in [4.78, 5) is 27.2. The number of carbonyl (C=O) groups is 2. The van der Waals surface area contributed by atoms with Gasteiger partial charge in [-0.05, 0) is 29.6 Å². The lowest BCUT2D eigenvalue weighted by Gasteiger charge is -2.06. The highest BCUT2D eigenvalue weighted by atomic mass is 32.1. The number of carboxylic acid groups (broad SMARTS) is 1. The number of carbonyl (C=O) groups excluding carboxylic acids is 1. The van der Waals surface area contributed by atoms with Gasteiger partial charge in [-0.2, -0.15) is 0 Å². The first-order valence-corrected chi connectivity index (χ1v) is 7.05. The second-order valence-corrected chi connectivity index (χ2v) is 5.46. The van der Waals surface area contributed by atoms with E-state index in [-0.39, 0.29) is 18.2 Å². The van der Waals surface area contributed by atoms with Crippen LogP contribution in [0.3, 0.4) is 0 Å². The highest BCUT2D eigenvalue weighted by Gasteiger charge is 2.18. The van der Waals surface area contributed by atoms with Crippen LogP contribution in [0.5, 0.6) is 0 Å². The molecule has 0 aliphatic heterocycles. The highest BCUT2D eigenvalue weighted by molar-refractivity contribution is 7.08. The quantitative estimate of drug-likeness (QED) is 0.874. The fourth-order valence-electron chi connectivity index (χ4n) is 1.68. The average molecular weight is 306 g/mol. The molecular weight excluding hydrogens is 292 g/mol. The van der Waals surface area contributed by atoms with Gasteiger partial charge in [0, 0.05) is 0 Å². The van der Waals surface area contributed by atoms with Gasteiger partial charge in [0.1, 0.15) is 4.88 Å². The minimum atomic E-state index is -0.948. The lowest BCUT2D eigenvalue weighted by molar-refractivity contribution is -0.136. The Morgan fingerprint density at radius 2 is 2.14 bits per heavy atom. The molecule has 21 heavy (non-hydrogen) atoms. The molecule has 0 spiro atoms. The largest absolute Gasteiger partial charge is 0.481 e. The molecule has 0 bridgehead atoms. The molecule has 2 aromatic heterocycles. The third kappa shape index (κ3) is 3.82. The van der Waals surface area contributed by atoms with E-state index in [4.69, 9.17) is 5.11 Å². The number of amides is 1. The third-order valence-electron chi connectivity index (χ3n) is 2.68. The number of pyridine rings is 1. The number of nitrogens with zero attached hydrogens (tertiary/aromatic N) is 3. The first kappa shape index (κ1) is 15.0. The van der Waals surface area contributed by atoms with Crippen molar-refractivity contribution in [2.24, 2.45) is 0 Å². The summed E-state index contributed by atoms with van der Waals surface area (Å²) in [5.41, 5.74) is 1.59. The summed E-state index contributed by atoms with van der Waals surface area (Å²) in [5, 5.41) is 15.3. The second-order valence-electron chi connectivity index (χ2n) is 4.70. The van der Waals surface area contributed by atoms with Gasteiger partial charge in [-0.25, -0.2) is 0 Å². The molecule has 0 saturated carbocycles. The number of anilines is 1. The highest BCUT2D eigenvalue weighted by Crippen LogP contribution is 2.21. The van der Waals surface area contributed by atoms with E-state index in [0.29, 0.717) is 22.0 Å². The van der Waals surface area contributed by atoms with E-state index in [9.17, 15) is 9.59 Å². The van der Waals surface area contributed by atoms with Gasteiger partial charge in [0.15, 0.2) is 0 Å². The Hall–Kier alpha value is -2.35. The van der Waals surface area contributed by atoms with Gasteiger partial charge >= 0.3 is 5.97 Å². The Morgan fingerprint density at radius 3 is 2.71 bits per heavy atom. The summed E-state index contributed by atoms with van der Waals surface area (Å²) in [5.74, 6) is -1.13. The maximum atomic E-state index is 12.2. The van der Waals surface area contributed by atoms with E-state index < -0.39 is 5.97 Å². The van der Waals surface area contributed by atoms with E-state index in [2.05, 4.69) is 19.9 Å². The Bertz CT molecular complexity index is 652. The van der Waals surface area contributed by atoms with Crippen molar-refractivity contribution in [1.29, 1.82) is 0 Å². The molecule has 2 aromatic rings. The molecule has 0 unspecified atom stereocenters. The van der Waals surface area contributed by atoms with Crippen LogP contribution < -0.4 is 5.32 Å². The van der Waals surface area contributed by atoms with Crippen LogP contribution in [0.4, 0.5) is 5.69 Å². The maximum absolute atomic E-state index is 12.2. The first-order valence-electron chi connectivity index (χ1n) is 6.27. The first-order chi connectivity index (χ1) is 9.97. The lowest BCUT2D eigenvalue weighted by atomic mass is 10.1. The summed E-state index contributed by atoms with van der Waals surface area (Å²) in [7, 11) is 0. The number of rotatable bonds is 5. The van der Waals surface area contributed by atoms with Gasteiger partial charge in [0.05, 0.1) is 29.7 Å². The molecule has 0 aliphatic carbocycles. The normalized spacial score (nSPS) is 10.6. The smallest absolute Gasteiger partial charge is 0.309 e. The minimum Gasteiger partial charge on any atom is -0.481 e. The zero-order valence-electron chi connectivity index (χ0n) is 11.5. The number of hydrogen-bond acceptors (Lipinski definition) is 6. The van der Waals surface area contributed by atoms with Gasteiger partial charge in [0.2, 0.25) is 0 Å². The van der Waals surface area contributed by atoms with Gasteiger partial charge in [-0.15, -0.1) is 5.10 Å². The number of carboxylic acids is 1. The van der Waals surface area contributed by atoms with Crippen LogP contribution in [0.25, 0.3) is 0 Å². The van der Waals surface area contributed by atoms with Crippen molar-refractivity contribution in [3.63, 3.8) is 0 Å². The van der Waals surface area contributed by atoms with E-state index in [1.54, 1.807) is 12.1 Å². The van der Waals surface area contributed by atoms with Crippen molar-refractivity contribution < 1.29 is 14.7 Å². The third-order valence-corrected chi connectivity index (χ3v) is 3.42. The van der Waals surface area contributed by atoms with Crippen molar-refractivity contribution in [1.82, 2.24) is 14.6 Å². The molecule has 0 aliphatic rings. The molecule has 0 aromatic carbocycles. The van der Waals surface area contributed by atoms with Crippen LogP contribution in [-0.2, 0) is 11.2 Å². The average Bonchev–Trinajstić information content (AvgIpc) is 2.90. The SMILES string of the molecule is CC(C)c1nnsc1C(=O)Nc1ccc(CC(=O)O)nc1. The van der Waals surface area contributed by atoms with E-state index >= 15 is 0 Å². The minimum absolute atomic E-state index is 0.112. The summed E-state index contributed by atoms with van der Waals surface area (Å²) < 4.78 is 3.80. The van der Waals surface area contributed by atoms with Crippen molar-refractivity contribution in [3.05, 3.63) is 34.6 Å². The number of aliphatic carboxylic acids is 1. The molecule has 2 rings (SSSR count). The van der Waals surface area contributed by atoms with Crippen LogP contribution in [0, 0.1) is 0 Å². The summed E-state index contributed by atoms with van der Waals surface area (Å²) in [6.07, 6.45) is 1.28. The number of nitrogens with one attached hydrogen (secondary N) is 1. The standard InChI is InChI=1S/C13H14N4O3S/c1-7(2)11-12(21-17-16-11)13(20)15-9-4-3-8(14-6-9)5-10(18)19/h3-4,6-7H,5H2,1-2H3,(H,15,20)(H,18,19). The van der Waals surface area contributed by atoms with Crippen molar-refractivity contribution in [3.8, 4) is 0 Å². The number of hydrogen-bond donors (Lipinski definition) is 2. The molecule has 110 valence electrons. The van der Waals surface area contributed by atoms with Gasteiger partial charge in [0.25, 0.3) is 5.91 Å². The molecule has 0 saturated heterocycles. The predicted molar refractivity (Wildman–Crippen MR) is 77.5 cm³/mol. The maximum Gasteiger partial charge on any atom is 0.309 e. The van der Waals surface area contributed by atoms with Gasteiger partial charge < -0.3 is 10.4 Å². The predicted octanol–water partition coefficient (Wildman–Crippen LogP) is 1.94. The molecular formula is C13H14N4O3S. The molecule has 2 N–H and O–H groups in total. The van der Waals surface area contributed by atoms with Crippen LogP contribution in [-0.4, -0.2) is 31.6 Å². The van der Waals surface area contributed by atoms with E-state index in [0.717, 1.165) is 11.5 Å². The van der Waals surface area contributed by atoms with Gasteiger partial charge in [-0.1, -0.05) is 18.3 Å². The van der Waals surface area contributed by atoms with Gasteiger partial charge in [-0.3, -0.25) is 14.6 Å². The Morgan fingerprint density at radius 1 is 1.38 bits per heavy atom. The molecule has 7 nitrogen and oxygen atoms in total. The Labute approximate surface area is 125 Å². The number of aromatic nitrogens is 3. The Kier molecular flexibility index (Phi) is 4.59. The molecule has 2 heterocycles. The summed E-state index contributed by atoms with van der Waals surface area (Å²) in [6, 6.07) is 3.19. The molecule has 0 fully saturated rings. The van der Waals surface area contributed by atoms with Crippen LogP contribution in [0.15, 0.2) is 18.3 Å². The van der Waals surface area contributed by atoms with Crippen molar-refractivity contribution in [2.75, 3.05) is 5.32 Å². The molecule has 8 heteroatoms. The van der Waals surface area contributed by atoms with Crippen LogP contribution in [0.1, 0.15) is 40.8 Å². The van der Waals surface area contributed by atoms with Crippen LogP contribution in [0.2, 0.25) is 0 Å². The zero-order valence-corrected chi connectivity index (χ0v) is 12.3. The molecule has 1 amide bonds. The van der Waals surface area contributed by atoms with Crippen molar-refractivity contribution >= 4 is 29.1 Å². The van der Waals surface area contributed by atoms with E-state index in [1.165, 1.54) is 6.20 Å². The topological polar surface area (TPSA) is 105 Å². The zero-order chi connectivity index (χ0) is 15.4. The summed E-state index contributed by atoms with van der Waals surface area (Å²) >= 11 is 1.05. The summed E-state index contributed by atoms with van der Waals surface area (Å²) in [6.45, 7) is 3.88. The molecule has 0 radical (unpaired) electrons. The Balaban J connectivity index is 2.09. The monoisotopic (exact) mass is 306 g/mol. The fraction of sp³-hybridized carbons (Fsp3) is 0.308. The molecule has 0 atom stereocenters. The van der Waals surface area contributed by atoms with Crippen LogP contribution >= 0.6 is 11.5 Å². The fourth-order valence-corrected chi connectivity index (χ4v) is 2.39. The lowest BCUT2D eigenvalue weighted by Crippen LogP contribution is -2.13. The second kappa shape index (κ2) is 6.40.